The predicted molar refractivity (Wildman–Crippen MR) is 92.4 cm³/mol. The highest BCUT2D eigenvalue weighted by Crippen LogP contribution is 2.37. The lowest BCUT2D eigenvalue weighted by Crippen LogP contribution is -1.89. The Morgan fingerprint density at radius 2 is 2.00 bits per heavy atom. The second-order valence-electron chi connectivity index (χ2n) is 4.86. The van der Waals surface area contributed by atoms with Crippen molar-refractivity contribution in [1.82, 2.24) is 0 Å². The summed E-state index contributed by atoms with van der Waals surface area (Å²) >= 11 is 1.53. The number of aliphatic imine (C=N–C) groups is 1. The van der Waals surface area contributed by atoms with Gasteiger partial charge in [-0.2, -0.15) is 0 Å². The van der Waals surface area contributed by atoms with Crippen molar-refractivity contribution in [2.24, 2.45) is 4.99 Å². The van der Waals surface area contributed by atoms with Crippen LogP contribution in [0.5, 0.6) is 11.5 Å². The van der Waals surface area contributed by atoms with E-state index in [-0.39, 0.29) is 5.75 Å². The van der Waals surface area contributed by atoms with Crippen molar-refractivity contribution >= 4 is 27.6 Å². The average molecular weight is 311 g/mol. The quantitative estimate of drug-likeness (QED) is 0.698. The van der Waals surface area contributed by atoms with Gasteiger partial charge in [0.05, 0.1) is 18.0 Å². The van der Waals surface area contributed by atoms with E-state index < -0.39 is 0 Å². The lowest BCUT2D eigenvalue weighted by molar-refractivity contribution is 0.340. The maximum Gasteiger partial charge on any atom is 0.143 e. The molecule has 0 amide bonds. The zero-order valence-corrected chi connectivity index (χ0v) is 13.1. The molecule has 0 spiro atoms. The number of thiophene rings is 1. The third-order valence-electron chi connectivity index (χ3n) is 3.30. The van der Waals surface area contributed by atoms with E-state index in [1.54, 1.807) is 6.21 Å². The van der Waals surface area contributed by atoms with Crippen molar-refractivity contribution in [3.05, 3.63) is 59.0 Å². The van der Waals surface area contributed by atoms with Crippen LogP contribution in [0, 0.1) is 0 Å². The molecule has 0 fully saturated rings. The van der Waals surface area contributed by atoms with Crippen molar-refractivity contribution in [2.45, 2.75) is 13.5 Å². The fraction of sp³-hybridized carbons (Fsp3) is 0.167. The third-order valence-corrected chi connectivity index (χ3v) is 4.39. The van der Waals surface area contributed by atoms with Crippen LogP contribution >= 0.6 is 11.3 Å². The van der Waals surface area contributed by atoms with Gasteiger partial charge < -0.3 is 9.84 Å². The summed E-state index contributed by atoms with van der Waals surface area (Å²) in [5.74, 6) is 1.05. The van der Waals surface area contributed by atoms with Gasteiger partial charge in [0.15, 0.2) is 0 Å². The fourth-order valence-electron chi connectivity index (χ4n) is 2.24. The van der Waals surface area contributed by atoms with E-state index in [4.69, 9.17) is 4.74 Å². The van der Waals surface area contributed by atoms with Crippen LogP contribution < -0.4 is 4.74 Å². The molecule has 0 saturated heterocycles. The highest BCUT2D eigenvalue weighted by Gasteiger charge is 2.10. The molecule has 3 rings (SSSR count). The fourth-order valence-corrected chi connectivity index (χ4v) is 3.22. The standard InChI is InChI=1S/C18H17NO2S/c1-2-21-14-8-9-16-15(10-14)18(20)17(22-16)12-19-11-13-6-4-3-5-7-13/h3-10,12,20H,2,11H2,1H3. The SMILES string of the molecule is CCOc1ccc2sc(C=NCc3ccccc3)c(O)c2c1. The molecule has 3 aromatic rings. The highest BCUT2D eigenvalue weighted by atomic mass is 32.1. The number of nitrogens with zero attached hydrogens (tertiary/aromatic N) is 1. The van der Waals surface area contributed by atoms with Crippen molar-refractivity contribution in [2.75, 3.05) is 6.61 Å². The van der Waals surface area contributed by atoms with Crippen molar-refractivity contribution in [3.63, 3.8) is 0 Å². The zero-order chi connectivity index (χ0) is 15.4. The van der Waals surface area contributed by atoms with E-state index in [1.807, 2.05) is 55.5 Å². The summed E-state index contributed by atoms with van der Waals surface area (Å²) in [6.07, 6.45) is 1.74. The summed E-state index contributed by atoms with van der Waals surface area (Å²) in [5.41, 5.74) is 1.15. The molecular weight excluding hydrogens is 294 g/mol. The molecule has 0 atom stereocenters. The first kappa shape index (κ1) is 14.6. The Hall–Kier alpha value is -2.33. The minimum atomic E-state index is 0.276. The topological polar surface area (TPSA) is 41.8 Å². The van der Waals surface area contributed by atoms with Gasteiger partial charge in [0.2, 0.25) is 0 Å². The van der Waals surface area contributed by atoms with Gasteiger partial charge in [-0.15, -0.1) is 11.3 Å². The van der Waals surface area contributed by atoms with Gasteiger partial charge in [0, 0.05) is 16.3 Å². The molecule has 112 valence electrons. The van der Waals surface area contributed by atoms with Gasteiger partial charge in [-0.25, -0.2) is 0 Å². The summed E-state index contributed by atoms with van der Waals surface area (Å²) in [5, 5.41) is 11.2. The van der Waals surface area contributed by atoms with Crippen molar-refractivity contribution in [3.8, 4) is 11.5 Å². The van der Waals surface area contributed by atoms with Crippen molar-refractivity contribution < 1.29 is 9.84 Å². The van der Waals surface area contributed by atoms with E-state index in [0.717, 1.165) is 26.3 Å². The Bertz CT molecular complexity index is 793. The number of benzene rings is 2. The largest absolute Gasteiger partial charge is 0.506 e. The summed E-state index contributed by atoms with van der Waals surface area (Å²) in [7, 11) is 0. The minimum Gasteiger partial charge on any atom is -0.506 e. The summed E-state index contributed by atoms with van der Waals surface area (Å²) in [6.45, 7) is 3.17. The molecule has 22 heavy (non-hydrogen) atoms. The number of aromatic hydroxyl groups is 1. The molecule has 2 aromatic carbocycles. The Balaban J connectivity index is 1.83. The number of fused-ring (bicyclic) bond motifs is 1. The average Bonchev–Trinajstić information content (AvgIpc) is 2.85. The first-order valence-corrected chi connectivity index (χ1v) is 8.01. The maximum absolute atomic E-state index is 10.3. The van der Waals surface area contributed by atoms with Gasteiger partial charge in [-0.3, -0.25) is 4.99 Å². The molecule has 0 saturated carbocycles. The summed E-state index contributed by atoms with van der Waals surface area (Å²) < 4.78 is 6.51. The van der Waals surface area contributed by atoms with Gasteiger partial charge in [-0.1, -0.05) is 30.3 Å². The van der Waals surface area contributed by atoms with Crippen LogP contribution in [-0.4, -0.2) is 17.9 Å². The Labute approximate surface area is 133 Å². The molecule has 1 N–H and O–H groups in total. The molecule has 0 aliphatic rings. The summed E-state index contributed by atoms with van der Waals surface area (Å²) in [6, 6.07) is 15.8. The van der Waals surface area contributed by atoms with Crippen LogP contribution in [-0.2, 0) is 6.54 Å². The minimum absolute atomic E-state index is 0.276. The number of hydrogen-bond acceptors (Lipinski definition) is 4. The maximum atomic E-state index is 10.3. The molecule has 1 heterocycles. The molecule has 0 unspecified atom stereocenters. The molecule has 0 aliphatic carbocycles. The van der Waals surface area contributed by atoms with Crippen molar-refractivity contribution in [1.29, 1.82) is 0 Å². The molecule has 1 aromatic heterocycles. The summed E-state index contributed by atoms with van der Waals surface area (Å²) in [4.78, 5) is 5.20. The second kappa shape index (κ2) is 6.62. The highest BCUT2D eigenvalue weighted by molar-refractivity contribution is 7.21. The van der Waals surface area contributed by atoms with Crippen LogP contribution in [0.15, 0.2) is 53.5 Å². The normalized spacial score (nSPS) is 11.3. The monoisotopic (exact) mass is 311 g/mol. The lowest BCUT2D eigenvalue weighted by atomic mass is 10.2. The Morgan fingerprint density at radius 1 is 1.18 bits per heavy atom. The molecule has 0 aliphatic heterocycles. The van der Waals surface area contributed by atoms with Crippen LogP contribution in [0.25, 0.3) is 10.1 Å². The predicted octanol–water partition coefficient (Wildman–Crippen LogP) is 4.62. The van der Waals surface area contributed by atoms with Gasteiger partial charge in [0.25, 0.3) is 0 Å². The number of ether oxygens (including phenoxy) is 1. The second-order valence-corrected chi connectivity index (χ2v) is 5.95. The molecule has 4 heteroatoms. The third kappa shape index (κ3) is 3.12. The Morgan fingerprint density at radius 3 is 2.77 bits per heavy atom. The van der Waals surface area contributed by atoms with E-state index in [1.165, 1.54) is 11.3 Å². The first-order valence-electron chi connectivity index (χ1n) is 7.20. The van der Waals surface area contributed by atoms with Gasteiger partial charge in [0.1, 0.15) is 11.5 Å². The molecule has 0 bridgehead atoms. The smallest absolute Gasteiger partial charge is 0.143 e. The lowest BCUT2D eigenvalue weighted by Gasteiger charge is -2.01. The van der Waals surface area contributed by atoms with E-state index in [0.29, 0.717) is 13.2 Å². The van der Waals surface area contributed by atoms with E-state index in [2.05, 4.69) is 4.99 Å². The molecule has 0 radical (unpaired) electrons. The van der Waals surface area contributed by atoms with E-state index in [9.17, 15) is 5.11 Å². The van der Waals surface area contributed by atoms with Gasteiger partial charge >= 0.3 is 0 Å². The van der Waals surface area contributed by atoms with Crippen LogP contribution in [0.4, 0.5) is 0 Å². The number of rotatable bonds is 5. The molecular formula is C18H17NO2S. The van der Waals surface area contributed by atoms with Crippen LogP contribution in [0.3, 0.4) is 0 Å². The van der Waals surface area contributed by atoms with Gasteiger partial charge in [-0.05, 0) is 30.7 Å². The Kier molecular flexibility index (Phi) is 4.39. The zero-order valence-electron chi connectivity index (χ0n) is 12.3. The van der Waals surface area contributed by atoms with E-state index >= 15 is 0 Å². The number of hydrogen-bond donors (Lipinski definition) is 1. The first-order chi connectivity index (χ1) is 10.8. The molecule has 3 nitrogen and oxygen atoms in total. The van der Waals surface area contributed by atoms with Crippen LogP contribution in [0.1, 0.15) is 17.4 Å². The van der Waals surface area contributed by atoms with Crippen LogP contribution in [0.2, 0.25) is 0 Å².